The molecule has 102 valence electrons. The van der Waals surface area contributed by atoms with Crippen molar-refractivity contribution >= 4 is 11.6 Å². The van der Waals surface area contributed by atoms with Gasteiger partial charge in [0.25, 0.3) is 5.91 Å². The van der Waals surface area contributed by atoms with Gasteiger partial charge in [-0.3, -0.25) is 4.79 Å². The predicted molar refractivity (Wildman–Crippen MR) is 73.5 cm³/mol. The van der Waals surface area contributed by atoms with E-state index >= 15 is 0 Å². The summed E-state index contributed by atoms with van der Waals surface area (Å²) in [5.41, 5.74) is 7.08. The summed E-state index contributed by atoms with van der Waals surface area (Å²) >= 11 is 0. The molecule has 1 amide bonds. The predicted octanol–water partition coefficient (Wildman–Crippen LogP) is 2.17. The Hall–Kier alpha value is -1.96. The highest BCUT2D eigenvalue weighted by Crippen LogP contribution is 2.37. The SMILES string of the molecule is CC(C)N(CCC#N)C(=O)c1cc(N)cn1C1CC1. The normalized spacial score (nSPS) is 14.4. The number of nitrogens with two attached hydrogens (primary N) is 1. The molecule has 0 aromatic carbocycles. The molecule has 1 saturated carbocycles. The monoisotopic (exact) mass is 260 g/mol. The lowest BCUT2D eigenvalue weighted by molar-refractivity contribution is 0.0699. The van der Waals surface area contributed by atoms with Gasteiger partial charge in [-0.2, -0.15) is 5.26 Å². The smallest absolute Gasteiger partial charge is 0.270 e. The van der Waals surface area contributed by atoms with Gasteiger partial charge in [0.15, 0.2) is 0 Å². The van der Waals surface area contributed by atoms with E-state index in [-0.39, 0.29) is 11.9 Å². The van der Waals surface area contributed by atoms with Crippen LogP contribution in [0.2, 0.25) is 0 Å². The van der Waals surface area contributed by atoms with Crippen LogP contribution in [0.25, 0.3) is 0 Å². The van der Waals surface area contributed by atoms with Crippen molar-refractivity contribution in [3.63, 3.8) is 0 Å². The first-order valence-electron chi connectivity index (χ1n) is 6.70. The van der Waals surface area contributed by atoms with Crippen LogP contribution in [0, 0.1) is 11.3 Å². The van der Waals surface area contributed by atoms with E-state index < -0.39 is 0 Å². The molecule has 0 atom stereocenters. The third-order valence-corrected chi connectivity index (χ3v) is 3.38. The van der Waals surface area contributed by atoms with Gasteiger partial charge in [0.05, 0.1) is 18.2 Å². The number of carbonyl (C=O) groups is 1. The number of amides is 1. The van der Waals surface area contributed by atoms with Crippen molar-refractivity contribution in [1.82, 2.24) is 9.47 Å². The van der Waals surface area contributed by atoms with Crippen molar-refractivity contribution in [2.45, 2.75) is 45.2 Å². The second kappa shape index (κ2) is 5.35. The molecule has 1 aliphatic rings. The van der Waals surface area contributed by atoms with Crippen LogP contribution < -0.4 is 5.73 Å². The molecule has 0 spiro atoms. The largest absolute Gasteiger partial charge is 0.397 e. The van der Waals surface area contributed by atoms with E-state index in [9.17, 15) is 4.79 Å². The summed E-state index contributed by atoms with van der Waals surface area (Å²) in [4.78, 5) is 14.3. The van der Waals surface area contributed by atoms with E-state index in [0.717, 1.165) is 12.8 Å². The maximum atomic E-state index is 12.6. The maximum Gasteiger partial charge on any atom is 0.270 e. The van der Waals surface area contributed by atoms with Crippen molar-refractivity contribution in [3.8, 4) is 6.07 Å². The molecule has 0 radical (unpaired) electrons. The van der Waals surface area contributed by atoms with Gasteiger partial charge in [-0.15, -0.1) is 0 Å². The average Bonchev–Trinajstić information content (AvgIpc) is 3.12. The fourth-order valence-corrected chi connectivity index (χ4v) is 2.24. The lowest BCUT2D eigenvalue weighted by atomic mass is 10.2. The van der Waals surface area contributed by atoms with Crippen LogP contribution in [0.15, 0.2) is 12.3 Å². The summed E-state index contributed by atoms with van der Waals surface area (Å²) in [6, 6.07) is 4.32. The third-order valence-electron chi connectivity index (χ3n) is 3.38. The number of hydrogen-bond acceptors (Lipinski definition) is 3. The van der Waals surface area contributed by atoms with Gasteiger partial charge >= 0.3 is 0 Å². The topological polar surface area (TPSA) is 75.1 Å². The quantitative estimate of drug-likeness (QED) is 0.881. The lowest BCUT2D eigenvalue weighted by Crippen LogP contribution is -2.38. The zero-order valence-electron chi connectivity index (χ0n) is 11.5. The zero-order valence-corrected chi connectivity index (χ0v) is 11.5. The van der Waals surface area contributed by atoms with Gasteiger partial charge in [-0.1, -0.05) is 0 Å². The molecule has 0 bridgehead atoms. The molecule has 1 aromatic rings. The van der Waals surface area contributed by atoms with Crippen molar-refractivity contribution in [1.29, 1.82) is 5.26 Å². The minimum absolute atomic E-state index is 0.0335. The number of carbonyl (C=O) groups excluding carboxylic acids is 1. The van der Waals surface area contributed by atoms with E-state index in [1.54, 1.807) is 11.0 Å². The number of anilines is 1. The van der Waals surface area contributed by atoms with E-state index in [1.807, 2.05) is 24.6 Å². The molecule has 0 saturated heterocycles. The van der Waals surface area contributed by atoms with Crippen LogP contribution >= 0.6 is 0 Å². The van der Waals surface area contributed by atoms with Gasteiger partial charge in [0.2, 0.25) is 0 Å². The summed E-state index contributed by atoms with van der Waals surface area (Å²) in [6.07, 6.45) is 4.40. The maximum absolute atomic E-state index is 12.6. The Labute approximate surface area is 113 Å². The van der Waals surface area contributed by atoms with Crippen LogP contribution in [-0.2, 0) is 0 Å². The molecule has 1 aromatic heterocycles. The van der Waals surface area contributed by atoms with Gasteiger partial charge in [-0.05, 0) is 32.8 Å². The molecule has 19 heavy (non-hydrogen) atoms. The number of nitrogen functional groups attached to an aromatic ring is 1. The Morgan fingerprint density at radius 2 is 2.32 bits per heavy atom. The molecule has 1 fully saturated rings. The van der Waals surface area contributed by atoms with E-state index in [0.29, 0.717) is 30.4 Å². The molecule has 2 rings (SSSR count). The van der Waals surface area contributed by atoms with E-state index in [1.165, 1.54) is 0 Å². The molecular formula is C14H20N4O. The molecule has 5 heteroatoms. The highest BCUT2D eigenvalue weighted by molar-refractivity contribution is 5.94. The first-order valence-corrected chi connectivity index (χ1v) is 6.70. The summed E-state index contributed by atoms with van der Waals surface area (Å²) in [6.45, 7) is 4.38. The van der Waals surface area contributed by atoms with Gasteiger partial charge in [0, 0.05) is 24.8 Å². The molecule has 0 unspecified atom stereocenters. The molecule has 1 aliphatic carbocycles. The summed E-state index contributed by atoms with van der Waals surface area (Å²) in [5.74, 6) is -0.0335. The Kier molecular flexibility index (Phi) is 3.79. The number of nitriles is 1. The van der Waals surface area contributed by atoms with Crippen molar-refractivity contribution in [2.75, 3.05) is 12.3 Å². The second-order valence-corrected chi connectivity index (χ2v) is 5.30. The molecule has 2 N–H and O–H groups in total. The fourth-order valence-electron chi connectivity index (χ4n) is 2.24. The van der Waals surface area contributed by atoms with Gasteiger partial charge < -0.3 is 15.2 Å². The van der Waals surface area contributed by atoms with Gasteiger partial charge in [-0.25, -0.2) is 0 Å². The van der Waals surface area contributed by atoms with Crippen molar-refractivity contribution < 1.29 is 4.79 Å². The Bertz CT molecular complexity index is 508. The fraction of sp³-hybridized carbons (Fsp3) is 0.571. The third kappa shape index (κ3) is 2.90. The van der Waals surface area contributed by atoms with Crippen LogP contribution in [0.1, 0.15) is 49.6 Å². The zero-order chi connectivity index (χ0) is 14.0. The Balaban J connectivity index is 2.23. The molecule has 1 heterocycles. The summed E-state index contributed by atoms with van der Waals surface area (Å²) in [5, 5.41) is 8.69. The number of aromatic nitrogens is 1. The molecular weight excluding hydrogens is 240 g/mol. The summed E-state index contributed by atoms with van der Waals surface area (Å²) in [7, 11) is 0. The van der Waals surface area contributed by atoms with E-state index in [2.05, 4.69) is 6.07 Å². The number of nitrogens with zero attached hydrogens (tertiary/aromatic N) is 3. The van der Waals surface area contributed by atoms with Crippen LogP contribution in [0.4, 0.5) is 5.69 Å². The van der Waals surface area contributed by atoms with Crippen LogP contribution in [-0.4, -0.2) is 28.0 Å². The van der Waals surface area contributed by atoms with Gasteiger partial charge in [0.1, 0.15) is 5.69 Å². The summed E-state index contributed by atoms with van der Waals surface area (Å²) < 4.78 is 1.99. The van der Waals surface area contributed by atoms with Crippen LogP contribution in [0.3, 0.4) is 0 Å². The minimum Gasteiger partial charge on any atom is -0.397 e. The Morgan fingerprint density at radius 3 is 2.84 bits per heavy atom. The number of rotatable bonds is 5. The highest BCUT2D eigenvalue weighted by atomic mass is 16.2. The molecule has 0 aliphatic heterocycles. The van der Waals surface area contributed by atoms with E-state index in [4.69, 9.17) is 11.0 Å². The minimum atomic E-state index is -0.0335. The average molecular weight is 260 g/mol. The Morgan fingerprint density at radius 1 is 1.63 bits per heavy atom. The van der Waals surface area contributed by atoms with Crippen molar-refractivity contribution in [3.05, 3.63) is 18.0 Å². The number of hydrogen-bond donors (Lipinski definition) is 1. The lowest BCUT2D eigenvalue weighted by Gasteiger charge is -2.26. The molecule has 5 nitrogen and oxygen atoms in total. The highest BCUT2D eigenvalue weighted by Gasteiger charge is 2.30. The van der Waals surface area contributed by atoms with Crippen LogP contribution in [0.5, 0.6) is 0 Å². The standard InChI is InChI=1S/C14H20N4O/c1-10(2)17(7-3-6-15)14(19)13-8-11(16)9-18(13)12-4-5-12/h8-10,12H,3-5,7,16H2,1-2H3. The first-order chi connectivity index (χ1) is 9.04. The second-order valence-electron chi connectivity index (χ2n) is 5.30. The van der Waals surface area contributed by atoms with Crippen molar-refractivity contribution in [2.24, 2.45) is 0 Å². The first kappa shape index (κ1) is 13.5.